The average Bonchev–Trinajstić information content (AvgIpc) is 3.12. The highest BCUT2D eigenvalue weighted by Gasteiger charge is 2.29. The minimum Gasteiger partial charge on any atom is -0.365 e. The van der Waals surface area contributed by atoms with E-state index in [0.29, 0.717) is 24.5 Å². The fraction of sp³-hybridized carbons (Fsp3) is 0.250. The Labute approximate surface area is 156 Å². The molecular formula is C20H19FN4O2. The van der Waals surface area contributed by atoms with Crippen molar-refractivity contribution in [1.82, 2.24) is 19.9 Å². The predicted octanol–water partition coefficient (Wildman–Crippen LogP) is 2.96. The van der Waals surface area contributed by atoms with Crippen molar-refractivity contribution in [1.29, 1.82) is 0 Å². The van der Waals surface area contributed by atoms with Crippen molar-refractivity contribution in [3.63, 3.8) is 0 Å². The van der Waals surface area contributed by atoms with E-state index in [2.05, 4.69) is 10.3 Å². The van der Waals surface area contributed by atoms with Gasteiger partial charge in [0.05, 0.1) is 18.8 Å². The summed E-state index contributed by atoms with van der Waals surface area (Å²) >= 11 is 0. The highest BCUT2D eigenvalue weighted by atomic mass is 19.1. The number of carbonyl (C=O) groups is 1. The van der Waals surface area contributed by atoms with Crippen LogP contribution in [0.3, 0.4) is 0 Å². The van der Waals surface area contributed by atoms with Crippen LogP contribution in [0.5, 0.6) is 0 Å². The Morgan fingerprint density at radius 3 is 2.70 bits per heavy atom. The summed E-state index contributed by atoms with van der Waals surface area (Å²) in [4.78, 5) is 14.4. The largest absolute Gasteiger partial charge is 0.365 e. The van der Waals surface area contributed by atoms with Gasteiger partial charge in [-0.1, -0.05) is 47.7 Å². The van der Waals surface area contributed by atoms with Gasteiger partial charge in [-0.25, -0.2) is 9.07 Å². The first kappa shape index (κ1) is 17.4. The molecule has 0 unspecified atom stereocenters. The zero-order valence-electron chi connectivity index (χ0n) is 14.9. The van der Waals surface area contributed by atoms with Gasteiger partial charge in [0, 0.05) is 13.6 Å². The second-order valence-electron chi connectivity index (χ2n) is 6.56. The molecule has 2 aromatic carbocycles. The predicted molar refractivity (Wildman–Crippen MR) is 96.2 cm³/mol. The molecule has 4 rings (SSSR count). The van der Waals surface area contributed by atoms with Crippen LogP contribution in [0.1, 0.15) is 33.4 Å². The summed E-state index contributed by atoms with van der Waals surface area (Å²) in [6.07, 6.45) is -0.246. The van der Waals surface area contributed by atoms with E-state index < -0.39 is 0 Å². The number of fused-ring (bicyclic) bond motifs is 1. The fourth-order valence-electron chi connectivity index (χ4n) is 3.17. The standard InChI is InChI=1S/C20H19FN4O2/c1-24(11-14-5-3-2-4-6-14)20(26)19-17-13-27-18(12-25(17)23-22-19)15-7-9-16(21)10-8-15/h2-10,18H,11-13H2,1H3/t18-/m0/s1. The highest BCUT2D eigenvalue weighted by molar-refractivity contribution is 5.93. The van der Waals surface area contributed by atoms with Crippen LogP contribution in [0.2, 0.25) is 0 Å². The van der Waals surface area contributed by atoms with Crippen molar-refractivity contribution < 1.29 is 13.9 Å². The Hall–Kier alpha value is -3.06. The number of amides is 1. The maximum Gasteiger partial charge on any atom is 0.276 e. The molecule has 0 N–H and O–H groups in total. The molecule has 0 spiro atoms. The molecule has 138 valence electrons. The van der Waals surface area contributed by atoms with Gasteiger partial charge < -0.3 is 9.64 Å². The molecule has 1 aliphatic heterocycles. The number of benzene rings is 2. The van der Waals surface area contributed by atoms with Crippen LogP contribution in [-0.4, -0.2) is 32.8 Å². The topological polar surface area (TPSA) is 60.2 Å². The lowest BCUT2D eigenvalue weighted by Gasteiger charge is -2.25. The molecule has 0 fully saturated rings. The van der Waals surface area contributed by atoms with E-state index in [1.165, 1.54) is 12.1 Å². The van der Waals surface area contributed by atoms with E-state index in [9.17, 15) is 9.18 Å². The second-order valence-corrected chi connectivity index (χ2v) is 6.56. The molecule has 1 amide bonds. The van der Waals surface area contributed by atoms with Crippen LogP contribution in [-0.2, 0) is 24.4 Å². The number of ether oxygens (including phenoxy) is 1. The number of rotatable bonds is 4. The van der Waals surface area contributed by atoms with Crippen molar-refractivity contribution in [2.75, 3.05) is 7.05 Å². The summed E-state index contributed by atoms with van der Waals surface area (Å²) in [5.41, 5.74) is 2.89. The number of halogens is 1. The van der Waals surface area contributed by atoms with Crippen LogP contribution in [0.15, 0.2) is 54.6 Å². The molecule has 0 aliphatic carbocycles. The Balaban J connectivity index is 1.49. The lowest BCUT2D eigenvalue weighted by atomic mass is 10.1. The van der Waals surface area contributed by atoms with Gasteiger partial charge in [0.1, 0.15) is 11.9 Å². The third-order valence-corrected chi connectivity index (χ3v) is 4.65. The summed E-state index contributed by atoms with van der Waals surface area (Å²) in [6.45, 7) is 1.16. The van der Waals surface area contributed by atoms with Crippen LogP contribution in [0.25, 0.3) is 0 Å². The molecule has 27 heavy (non-hydrogen) atoms. The SMILES string of the molecule is CN(Cc1ccccc1)C(=O)c1nnn2c1CO[C@H](c1ccc(F)cc1)C2. The van der Waals surface area contributed by atoms with E-state index in [0.717, 1.165) is 11.1 Å². The monoisotopic (exact) mass is 366 g/mol. The maximum atomic E-state index is 13.1. The van der Waals surface area contributed by atoms with E-state index in [1.807, 2.05) is 30.3 Å². The first-order valence-corrected chi connectivity index (χ1v) is 8.70. The van der Waals surface area contributed by atoms with E-state index >= 15 is 0 Å². The minimum absolute atomic E-state index is 0.191. The number of carbonyl (C=O) groups excluding carboxylic acids is 1. The number of hydrogen-bond acceptors (Lipinski definition) is 4. The van der Waals surface area contributed by atoms with Crippen molar-refractivity contribution in [2.24, 2.45) is 0 Å². The molecule has 1 aliphatic rings. The van der Waals surface area contributed by atoms with Crippen LogP contribution in [0.4, 0.5) is 4.39 Å². The normalized spacial score (nSPS) is 16.0. The van der Waals surface area contributed by atoms with Crippen molar-refractivity contribution in [2.45, 2.75) is 25.8 Å². The van der Waals surface area contributed by atoms with Gasteiger partial charge >= 0.3 is 0 Å². The molecule has 3 aromatic rings. The lowest BCUT2D eigenvalue weighted by molar-refractivity contribution is -0.00195. The number of aromatic nitrogens is 3. The Morgan fingerprint density at radius 2 is 1.96 bits per heavy atom. The third kappa shape index (κ3) is 3.59. The van der Waals surface area contributed by atoms with Crippen molar-refractivity contribution >= 4 is 5.91 Å². The number of hydrogen-bond donors (Lipinski definition) is 0. The molecule has 1 atom stereocenters. The van der Waals surface area contributed by atoms with Gasteiger partial charge in [-0.15, -0.1) is 5.10 Å². The molecule has 0 radical (unpaired) electrons. The zero-order valence-corrected chi connectivity index (χ0v) is 14.9. The molecule has 6 nitrogen and oxygen atoms in total. The van der Waals surface area contributed by atoms with Crippen molar-refractivity contribution in [3.05, 3.63) is 82.9 Å². The summed E-state index contributed by atoms with van der Waals surface area (Å²) in [5, 5.41) is 8.21. The lowest BCUT2D eigenvalue weighted by Crippen LogP contribution is -2.29. The molecule has 0 bridgehead atoms. The molecular weight excluding hydrogens is 347 g/mol. The minimum atomic E-state index is -0.287. The molecule has 2 heterocycles. The molecule has 1 aromatic heterocycles. The summed E-state index contributed by atoms with van der Waals surface area (Å²) in [6, 6.07) is 16.0. The highest BCUT2D eigenvalue weighted by Crippen LogP contribution is 2.27. The third-order valence-electron chi connectivity index (χ3n) is 4.65. The smallest absolute Gasteiger partial charge is 0.276 e. The zero-order chi connectivity index (χ0) is 18.8. The van der Waals surface area contributed by atoms with Gasteiger partial charge in [-0.2, -0.15) is 0 Å². The quantitative estimate of drug-likeness (QED) is 0.712. The second kappa shape index (κ2) is 7.28. The Kier molecular flexibility index (Phi) is 4.68. The van der Waals surface area contributed by atoms with Crippen LogP contribution >= 0.6 is 0 Å². The fourth-order valence-corrected chi connectivity index (χ4v) is 3.17. The first-order valence-electron chi connectivity index (χ1n) is 8.70. The first-order chi connectivity index (χ1) is 13.1. The van der Waals surface area contributed by atoms with E-state index in [-0.39, 0.29) is 24.4 Å². The van der Waals surface area contributed by atoms with Gasteiger partial charge in [0.25, 0.3) is 5.91 Å². The Bertz CT molecular complexity index is 940. The van der Waals surface area contributed by atoms with Gasteiger partial charge in [-0.05, 0) is 23.3 Å². The summed E-state index contributed by atoms with van der Waals surface area (Å²) < 4.78 is 20.7. The molecule has 0 saturated carbocycles. The van der Waals surface area contributed by atoms with E-state index in [4.69, 9.17) is 4.74 Å². The van der Waals surface area contributed by atoms with Gasteiger partial charge in [0.15, 0.2) is 5.69 Å². The van der Waals surface area contributed by atoms with Crippen LogP contribution in [0, 0.1) is 5.82 Å². The number of nitrogens with zero attached hydrogens (tertiary/aromatic N) is 4. The summed E-state index contributed by atoms with van der Waals surface area (Å²) in [7, 11) is 1.74. The average molecular weight is 366 g/mol. The van der Waals surface area contributed by atoms with Crippen molar-refractivity contribution in [3.8, 4) is 0 Å². The van der Waals surface area contributed by atoms with Crippen LogP contribution < -0.4 is 0 Å². The Morgan fingerprint density at radius 1 is 1.22 bits per heavy atom. The maximum absolute atomic E-state index is 13.1. The molecule has 0 saturated heterocycles. The molecule has 7 heteroatoms. The summed E-state index contributed by atoms with van der Waals surface area (Å²) in [5.74, 6) is -0.478. The van der Waals surface area contributed by atoms with E-state index in [1.54, 1.807) is 28.8 Å². The van der Waals surface area contributed by atoms with Gasteiger partial charge in [0.2, 0.25) is 0 Å². The van der Waals surface area contributed by atoms with Gasteiger partial charge in [-0.3, -0.25) is 4.79 Å².